The van der Waals surface area contributed by atoms with Crippen molar-refractivity contribution in [2.45, 2.75) is 20.3 Å². The van der Waals surface area contributed by atoms with Crippen molar-refractivity contribution in [3.05, 3.63) is 70.1 Å². The van der Waals surface area contributed by atoms with Gasteiger partial charge in [0.05, 0.1) is 16.9 Å². The van der Waals surface area contributed by atoms with E-state index in [1.807, 2.05) is 50.4 Å². The number of pyridine rings is 1. The van der Waals surface area contributed by atoms with E-state index >= 15 is 0 Å². The third-order valence-corrected chi connectivity index (χ3v) is 7.16. The van der Waals surface area contributed by atoms with E-state index in [0.29, 0.717) is 44.9 Å². The number of carbonyl (C=O) groups excluding carboxylic acids is 1. The van der Waals surface area contributed by atoms with E-state index in [4.69, 9.17) is 11.6 Å². The Labute approximate surface area is 223 Å². The molecule has 0 aliphatic carbocycles. The number of nitrogens with zero attached hydrogens (tertiary/aromatic N) is 7. The Bertz CT molecular complexity index is 1370. The Kier molecular flexibility index (Phi) is 7.42. The van der Waals surface area contributed by atoms with Crippen molar-refractivity contribution in [1.82, 2.24) is 24.9 Å². The molecule has 0 saturated carbocycles. The lowest BCUT2D eigenvalue weighted by Crippen LogP contribution is -2.47. The zero-order valence-corrected chi connectivity index (χ0v) is 22.1. The number of halogens is 1. The van der Waals surface area contributed by atoms with Crippen molar-refractivity contribution in [2.24, 2.45) is 0 Å². The van der Waals surface area contributed by atoms with Gasteiger partial charge in [-0.2, -0.15) is 15.0 Å². The third kappa shape index (κ3) is 5.78. The molecule has 1 aliphatic heterocycles. The van der Waals surface area contributed by atoms with Crippen LogP contribution in [0.4, 0.5) is 28.5 Å². The van der Waals surface area contributed by atoms with Crippen molar-refractivity contribution in [3.8, 4) is 0 Å². The fourth-order valence-corrected chi connectivity index (χ4v) is 4.91. The maximum atomic E-state index is 12.8. The topological polar surface area (TPSA) is 112 Å². The van der Waals surface area contributed by atoms with E-state index in [0.717, 1.165) is 37.6 Å². The number of aryl methyl sites for hydroxylation is 2. The van der Waals surface area contributed by atoms with Gasteiger partial charge in [-0.05, 0) is 30.7 Å². The molecule has 4 heterocycles. The summed E-state index contributed by atoms with van der Waals surface area (Å²) in [6, 6.07) is 11.4. The smallest absolute Gasteiger partial charge is 0.267 e. The predicted octanol–water partition coefficient (Wildman–Crippen LogP) is 4.57. The number of para-hydroxylation sites is 1. The molecule has 12 heteroatoms. The number of piperazine rings is 1. The molecule has 4 aromatic rings. The largest absolute Gasteiger partial charge is 0.353 e. The minimum Gasteiger partial charge on any atom is -0.353 e. The van der Waals surface area contributed by atoms with Crippen molar-refractivity contribution in [2.75, 3.05) is 46.6 Å². The second kappa shape index (κ2) is 11.1. The Morgan fingerprint density at radius 1 is 1.03 bits per heavy atom. The number of aromatic nitrogens is 5. The zero-order chi connectivity index (χ0) is 25.8. The van der Waals surface area contributed by atoms with Crippen LogP contribution in [0.25, 0.3) is 0 Å². The van der Waals surface area contributed by atoms with Gasteiger partial charge in [0.25, 0.3) is 5.91 Å². The molecule has 10 nitrogen and oxygen atoms in total. The first kappa shape index (κ1) is 24.8. The average molecular weight is 536 g/mol. The van der Waals surface area contributed by atoms with Crippen LogP contribution < -0.4 is 20.4 Å². The number of anilines is 5. The second-order valence-electron chi connectivity index (χ2n) is 8.43. The summed E-state index contributed by atoms with van der Waals surface area (Å²) in [5, 5.41) is 7.02. The van der Waals surface area contributed by atoms with Gasteiger partial charge in [0.15, 0.2) is 5.13 Å². The normalized spacial score (nSPS) is 13.5. The monoisotopic (exact) mass is 535 g/mol. The minimum absolute atomic E-state index is 0.280. The van der Waals surface area contributed by atoms with E-state index < -0.39 is 0 Å². The summed E-state index contributed by atoms with van der Waals surface area (Å²) in [4.78, 5) is 40.2. The maximum Gasteiger partial charge on any atom is 0.267 e. The van der Waals surface area contributed by atoms with Gasteiger partial charge >= 0.3 is 0 Å². The molecule has 190 valence electrons. The van der Waals surface area contributed by atoms with E-state index in [-0.39, 0.29) is 5.91 Å². The van der Waals surface area contributed by atoms with E-state index in [2.05, 4.69) is 45.4 Å². The van der Waals surface area contributed by atoms with Gasteiger partial charge in [0.2, 0.25) is 11.9 Å². The second-order valence-corrected chi connectivity index (χ2v) is 9.87. The van der Waals surface area contributed by atoms with Crippen LogP contribution in [0.1, 0.15) is 28.0 Å². The van der Waals surface area contributed by atoms with Crippen LogP contribution in [0.5, 0.6) is 0 Å². The molecule has 0 unspecified atom stereocenters. The lowest BCUT2D eigenvalue weighted by atomic mass is 10.2. The lowest BCUT2D eigenvalue weighted by Gasteiger charge is -2.35. The van der Waals surface area contributed by atoms with Gasteiger partial charge in [0.1, 0.15) is 16.5 Å². The number of rotatable bonds is 7. The fraction of sp³-hybridized carbons (Fsp3) is 0.280. The molecule has 0 atom stereocenters. The predicted molar refractivity (Wildman–Crippen MR) is 147 cm³/mol. The van der Waals surface area contributed by atoms with Gasteiger partial charge in [-0.25, -0.2) is 9.97 Å². The van der Waals surface area contributed by atoms with Gasteiger partial charge in [-0.3, -0.25) is 10.1 Å². The first-order chi connectivity index (χ1) is 18.0. The van der Waals surface area contributed by atoms with Crippen molar-refractivity contribution >= 4 is 57.4 Å². The van der Waals surface area contributed by atoms with E-state index in [1.54, 1.807) is 6.07 Å². The number of carbonyl (C=O) groups is 1. The maximum absolute atomic E-state index is 12.8. The summed E-state index contributed by atoms with van der Waals surface area (Å²) < 4.78 is 0. The standard InChI is InChI=1S/C25H26ClN9OS/c1-3-19-29-23(32-24(30-19)35-13-11-34(12-14-35)20-9-4-5-10-27-20)33-25-28-15-18(37-25)22(36)31-21-16(2)7-6-8-17(21)26/h4-10,15H,3,11-14H2,1-2H3,(H,31,36)(H,28,29,30,32,33). The Hall–Kier alpha value is -3.83. The van der Waals surface area contributed by atoms with Crippen LogP contribution in [0, 0.1) is 6.92 Å². The van der Waals surface area contributed by atoms with Crippen LogP contribution in [0.15, 0.2) is 48.8 Å². The Balaban J connectivity index is 1.27. The third-order valence-electron chi connectivity index (χ3n) is 5.93. The lowest BCUT2D eigenvalue weighted by molar-refractivity contribution is 0.103. The van der Waals surface area contributed by atoms with Gasteiger partial charge in [-0.1, -0.05) is 48.1 Å². The average Bonchev–Trinajstić information content (AvgIpc) is 3.39. The molecule has 1 aromatic carbocycles. The molecule has 5 rings (SSSR count). The molecular formula is C25H26ClN9OS. The molecule has 0 radical (unpaired) electrons. The molecule has 0 bridgehead atoms. The van der Waals surface area contributed by atoms with Gasteiger partial charge in [0, 0.05) is 38.8 Å². The van der Waals surface area contributed by atoms with Crippen LogP contribution in [0.2, 0.25) is 5.02 Å². The van der Waals surface area contributed by atoms with Crippen LogP contribution in [0.3, 0.4) is 0 Å². The zero-order valence-electron chi connectivity index (χ0n) is 20.5. The highest BCUT2D eigenvalue weighted by Gasteiger charge is 2.22. The summed E-state index contributed by atoms with van der Waals surface area (Å²) >= 11 is 7.46. The number of benzene rings is 1. The van der Waals surface area contributed by atoms with E-state index in [9.17, 15) is 4.79 Å². The number of hydrogen-bond donors (Lipinski definition) is 2. The quantitative estimate of drug-likeness (QED) is 0.351. The fourth-order valence-electron chi connectivity index (χ4n) is 3.94. The summed E-state index contributed by atoms with van der Waals surface area (Å²) in [7, 11) is 0. The molecule has 0 spiro atoms. The molecule has 1 aliphatic rings. The Morgan fingerprint density at radius 3 is 2.57 bits per heavy atom. The van der Waals surface area contributed by atoms with Gasteiger partial charge < -0.3 is 15.1 Å². The number of hydrogen-bond acceptors (Lipinski definition) is 10. The first-order valence-electron chi connectivity index (χ1n) is 12.0. The highest BCUT2D eigenvalue weighted by atomic mass is 35.5. The SMILES string of the molecule is CCc1nc(Nc2ncc(C(=O)Nc3c(C)cccc3Cl)s2)nc(N2CCN(c3ccccn3)CC2)n1. The number of thiazole rings is 1. The first-order valence-corrected chi connectivity index (χ1v) is 13.1. The summed E-state index contributed by atoms with van der Waals surface area (Å²) in [6.07, 6.45) is 4.00. The van der Waals surface area contributed by atoms with Crippen LogP contribution >= 0.6 is 22.9 Å². The molecular weight excluding hydrogens is 510 g/mol. The molecule has 1 fully saturated rings. The molecule has 2 N–H and O–H groups in total. The summed E-state index contributed by atoms with van der Waals surface area (Å²) in [5.41, 5.74) is 1.48. The summed E-state index contributed by atoms with van der Waals surface area (Å²) in [6.45, 7) is 7.08. The molecule has 1 amide bonds. The highest BCUT2D eigenvalue weighted by molar-refractivity contribution is 7.17. The Morgan fingerprint density at radius 2 is 1.84 bits per heavy atom. The van der Waals surface area contributed by atoms with Crippen molar-refractivity contribution in [3.63, 3.8) is 0 Å². The van der Waals surface area contributed by atoms with Crippen molar-refractivity contribution < 1.29 is 4.79 Å². The highest BCUT2D eigenvalue weighted by Crippen LogP contribution is 2.28. The van der Waals surface area contributed by atoms with E-state index in [1.165, 1.54) is 17.5 Å². The number of amides is 1. The molecule has 37 heavy (non-hydrogen) atoms. The number of nitrogens with one attached hydrogen (secondary N) is 2. The van der Waals surface area contributed by atoms with Crippen LogP contribution in [-0.4, -0.2) is 57.0 Å². The summed E-state index contributed by atoms with van der Waals surface area (Å²) in [5.74, 6) is 2.40. The van der Waals surface area contributed by atoms with Gasteiger partial charge in [-0.15, -0.1) is 0 Å². The van der Waals surface area contributed by atoms with Crippen LogP contribution in [-0.2, 0) is 6.42 Å². The van der Waals surface area contributed by atoms with Crippen molar-refractivity contribution in [1.29, 1.82) is 0 Å². The molecule has 3 aromatic heterocycles. The minimum atomic E-state index is -0.280. The molecule has 1 saturated heterocycles.